The van der Waals surface area contributed by atoms with E-state index in [2.05, 4.69) is 6.07 Å². The van der Waals surface area contributed by atoms with E-state index in [0.717, 1.165) is 0 Å². The maximum atomic E-state index is 13.8. The van der Waals surface area contributed by atoms with Gasteiger partial charge in [-0.2, -0.15) is 5.26 Å². The summed E-state index contributed by atoms with van der Waals surface area (Å²) in [5, 5.41) is 10.0. The Bertz CT molecular complexity index is 821. The first-order valence-electron chi connectivity index (χ1n) is 7.15. The van der Waals surface area contributed by atoms with Gasteiger partial charge in [-0.15, -0.1) is 0 Å². The Labute approximate surface area is 133 Å². The van der Waals surface area contributed by atoms with Crippen LogP contribution < -0.4 is 0 Å². The molecule has 3 aromatic carbocycles. The summed E-state index contributed by atoms with van der Waals surface area (Å²) in [6.07, 6.45) is 0. The lowest BCUT2D eigenvalue weighted by molar-refractivity contribution is 0.616. The molecule has 0 heterocycles. The van der Waals surface area contributed by atoms with Crippen molar-refractivity contribution in [1.82, 2.24) is 0 Å². The van der Waals surface area contributed by atoms with Gasteiger partial charge in [-0.1, -0.05) is 54.6 Å². The molecule has 3 rings (SSSR count). The van der Waals surface area contributed by atoms with Gasteiger partial charge in [-0.25, -0.2) is 8.78 Å². The van der Waals surface area contributed by atoms with Gasteiger partial charge in [0.1, 0.15) is 17.0 Å². The van der Waals surface area contributed by atoms with Gasteiger partial charge in [0.2, 0.25) is 0 Å². The van der Waals surface area contributed by atoms with Gasteiger partial charge in [0, 0.05) is 0 Å². The zero-order chi connectivity index (χ0) is 16.3. The molecule has 3 heteroatoms. The van der Waals surface area contributed by atoms with E-state index >= 15 is 0 Å². The summed E-state index contributed by atoms with van der Waals surface area (Å²) in [6, 6.07) is 23.1. The topological polar surface area (TPSA) is 23.8 Å². The Hall–Kier alpha value is -2.99. The molecule has 112 valence electrons. The van der Waals surface area contributed by atoms with Crippen LogP contribution in [0, 0.1) is 23.0 Å². The zero-order valence-electron chi connectivity index (χ0n) is 12.2. The number of hydrogen-bond acceptors (Lipinski definition) is 1. The molecule has 1 nitrogen and oxygen atoms in total. The average molecular weight is 305 g/mol. The van der Waals surface area contributed by atoms with E-state index in [4.69, 9.17) is 0 Å². The maximum absolute atomic E-state index is 13.8. The molecule has 0 amide bonds. The average Bonchev–Trinajstić information content (AvgIpc) is 2.57. The largest absolute Gasteiger partial charge is 0.207 e. The van der Waals surface area contributed by atoms with Crippen LogP contribution in [-0.2, 0) is 5.41 Å². The molecular formula is C20H13F2N. The Morgan fingerprint density at radius 2 is 1.13 bits per heavy atom. The molecule has 0 N–H and O–H groups in total. The molecule has 0 fully saturated rings. The second kappa shape index (κ2) is 6.02. The van der Waals surface area contributed by atoms with Crippen LogP contribution in [0.25, 0.3) is 0 Å². The van der Waals surface area contributed by atoms with Crippen LogP contribution in [0.2, 0.25) is 0 Å². The highest BCUT2D eigenvalue weighted by Gasteiger charge is 2.37. The quantitative estimate of drug-likeness (QED) is 0.636. The van der Waals surface area contributed by atoms with Gasteiger partial charge in [0.05, 0.1) is 6.07 Å². The van der Waals surface area contributed by atoms with Gasteiger partial charge in [0.15, 0.2) is 0 Å². The molecule has 0 radical (unpaired) electrons. The van der Waals surface area contributed by atoms with Crippen molar-refractivity contribution in [3.05, 3.63) is 107 Å². The Balaban J connectivity index is 2.36. The first kappa shape index (κ1) is 14.9. The lowest BCUT2D eigenvalue weighted by Crippen LogP contribution is -2.27. The lowest BCUT2D eigenvalue weighted by atomic mass is 9.70. The lowest BCUT2D eigenvalue weighted by Gasteiger charge is -2.28. The number of benzene rings is 3. The molecular weight excluding hydrogens is 292 g/mol. The van der Waals surface area contributed by atoms with Crippen molar-refractivity contribution < 1.29 is 8.78 Å². The minimum atomic E-state index is -1.27. The smallest absolute Gasteiger partial charge is 0.132 e. The molecule has 0 spiro atoms. The van der Waals surface area contributed by atoms with Crippen LogP contribution in [0.4, 0.5) is 8.78 Å². The third-order valence-corrected chi connectivity index (χ3v) is 3.89. The van der Waals surface area contributed by atoms with Crippen LogP contribution in [-0.4, -0.2) is 0 Å². The summed E-state index contributed by atoms with van der Waals surface area (Å²) in [5.41, 5.74) is 0.332. The molecule has 0 atom stereocenters. The summed E-state index contributed by atoms with van der Waals surface area (Å²) < 4.78 is 27.5. The number of halogens is 2. The molecule has 0 aliphatic heterocycles. The van der Waals surface area contributed by atoms with Crippen molar-refractivity contribution in [2.75, 3.05) is 0 Å². The second-order valence-corrected chi connectivity index (χ2v) is 5.25. The second-order valence-electron chi connectivity index (χ2n) is 5.25. The number of nitriles is 1. The van der Waals surface area contributed by atoms with Gasteiger partial charge >= 0.3 is 0 Å². The van der Waals surface area contributed by atoms with Crippen LogP contribution in [0.15, 0.2) is 78.9 Å². The zero-order valence-corrected chi connectivity index (χ0v) is 12.2. The van der Waals surface area contributed by atoms with E-state index in [0.29, 0.717) is 16.7 Å². The molecule has 0 bridgehead atoms. The number of hydrogen-bond donors (Lipinski definition) is 0. The Morgan fingerprint density at radius 3 is 1.57 bits per heavy atom. The summed E-state index contributed by atoms with van der Waals surface area (Å²) in [5.74, 6) is -0.871. The maximum Gasteiger partial charge on any atom is 0.132 e. The van der Waals surface area contributed by atoms with E-state index in [-0.39, 0.29) is 0 Å². The fraction of sp³-hybridized carbons (Fsp3) is 0.0500. The summed E-state index contributed by atoms with van der Waals surface area (Å²) in [7, 11) is 0. The van der Waals surface area contributed by atoms with Crippen molar-refractivity contribution >= 4 is 0 Å². The van der Waals surface area contributed by atoms with Crippen LogP contribution >= 0.6 is 0 Å². The molecule has 0 unspecified atom stereocenters. The van der Waals surface area contributed by atoms with Crippen LogP contribution in [0.1, 0.15) is 16.7 Å². The van der Waals surface area contributed by atoms with E-state index in [1.54, 1.807) is 48.5 Å². The van der Waals surface area contributed by atoms with Gasteiger partial charge in [-0.05, 0) is 41.0 Å². The van der Waals surface area contributed by atoms with Gasteiger partial charge in [0.25, 0.3) is 0 Å². The standard InChI is InChI=1S/C20H13F2N/c21-18-10-4-8-16(12-18)20(14-23,15-6-2-1-3-7-15)17-9-5-11-19(22)13-17/h1-13H. The fourth-order valence-corrected chi connectivity index (χ4v) is 2.83. The summed E-state index contributed by atoms with van der Waals surface area (Å²) in [4.78, 5) is 0. The SMILES string of the molecule is N#CC(c1ccccc1)(c1cccc(F)c1)c1cccc(F)c1. The van der Waals surface area contributed by atoms with Crippen LogP contribution in [0.5, 0.6) is 0 Å². The minimum Gasteiger partial charge on any atom is -0.207 e. The Kier molecular flexibility index (Phi) is 3.91. The number of rotatable bonds is 3. The third-order valence-electron chi connectivity index (χ3n) is 3.89. The molecule has 0 aliphatic rings. The highest BCUT2D eigenvalue weighted by molar-refractivity contribution is 5.56. The number of nitrogens with zero attached hydrogens (tertiary/aromatic N) is 1. The predicted molar refractivity (Wildman–Crippen MR) is 84.7 cm³/mol. The van der Waals surface area contributed by atoms with Crippen molar-refractivity contribution in [3.63, 3.8) is 0 Å². The molecule has 23 heavy (non-hydrogen) atoms. The molecule has 0 saturated carbocycles. The normalized spacial score (nSPS) is 11.0. The molecule has 0 aromatic heterocycles. The molecule has 3 aromatic rings. The van der Waals surface area contributed by atoms with Crippen molar-refractivity contribution in [3.8, 4) is 6.07 Å². The van der Waals surface area contributed by atoms with Crippen LogP contribution in [0.3, 0.4) is 0 Å². The first-order valence-corrected chi connectivity index (χ1v) is 7.15. The minimum absolute atomic E-state index is 0.436. The monoisotopic (exact) mass is 305 g/mol. The highest BCUT2D eigenvalue weighted by atomic mass is 19.1. The van der Waals surface area contributed by atoms with Crippen molar-refractivity contribution in [1.29, 1.82) is 5.26 Å². The first-order chi connectivity index (χ1) is 11.2. The van der Waals surface area contributed by atoms with E-state index in [1.807, 2.05) is 6.07 Å². The van der Waals surface area contributed by atoms with Crippen molar-refractivity contribution in [2.45, 2.75) is 5.41 Å². The van der Waals surface area contributed by atoms with E-state index in [9.17, 15) is 14.0 Å². The van der Waals surface area contributed by atoms with Gasteiger partial charge < -0.3 is 0 Å². The summed E-state index contributed by atoms with van der Waals surface area (Å²) >= 11 is 0. The molecule has 0 saturated heterocycles. The van der Waals surface area contributed by atoms with E-state index in [1.165, 1.54) is 24.3 Å². The van der Waals surface area contributed by atoms with Crippen molar-refractivity contribution in [2.24, 2.45) is 0 Å². The summed E-state index contributed by atoms with van der Waals surface area (Å²) in [6.45, 7) is 0. The Morgan fingerprint density at radius 1 is 0.652 bits per heavy atom. The van der Waals surface area contributed by atoms with E-state index < -0.39 is 17.0 Å². The predicted octanol–water partition coefficient (Wildman–Crippen LogP) is 4.82. The third kappa shape index (κ3) is 2.60. The van der Waals surface area contributed by atoms with Gasteiger partial charge in [-0.3, -0.25) is 0 Å². The fourth-order valence-electron chi connectivity index (χ4n) is 2.83. The highest BCUT2D eigenvalue weighted by Crippen LogP contribution is 2.39. The molecule has 0 aliphatic carbocycles.